The van der Waals surface area contributed by atoms with Crippen molar-refractivity contribution in [2.45, 2.75) is 17.9 Å². The fraction of sp³-hybridized carbons (Fsp3) is 0.136. The molecule has 9 heteroatoms. The molecule has 31 heavy (non-hydrogen) atoms. The zero-order valence-corrected chi connectivity index (χ0v) is 18.1. The largest absolute Gasteiger partial charge is 0.482 e. The molecule has 0 radical (unpaired) electrons. The predicted octanol–water partition coefficient (Wildman–Crippen LogP) is 4.54. The van der Waals surface area contributed by atoms with Crippen LogP contribution in [0.2, 0.25) is 5.02 Å². The summed E-state index contributed by atoms with van der Waals surface area (Å²) in [5, 5.41) is 2.78. The molecule has 0 saturated heterocycles. The first-order valence-electron chi connectivity index (χ1n) is 9.29. The zero-order valence-electron chi connectivity index (χ0n) is 16.5. The van der Waals surface area contributed by atoms with Gasteiger partial charge in [0.05, 0.1) is 16.0 Å². The summed E-state index contributed by atoms with van der Waals surface area (Å²) in [6.45, 7) is 1.44. The number of nitrogens with one attached hydrogen (secondary N) is 2. The second-order valence-electron chi connectivity index (χ2n) is 6.69. The van der Waals surface area contributed by atoms with Crippen LogP contribution < -0.4 is 14.8 Å². The number of carbonyl (C=O) groups is 1. The Morgan fingerprint density at radius 3 is 2.39 bits per heavy atom. The molecule has 0 spiro atoms. The second kappa shape index (κ2) is 9.80. The molecule has 0 saturated carbocycles. The summed E-state index contributed by atoms with van der Waals surface area (Å²) in [5.74, 6) is -0.593. The number of rotatable bonds is 8. The standard InChI is InChI=1S/C22H20ClFN2O4S/c1-15(16-7-9-17(24)10-8-16)25-22(27)14-30-21-12-11-19(13-20(21)23)31(28,29)26-18-5-3-2-4-6-18/h2-13,15,26H,14H2,1H3,(H,25,27)/t15-/m0/s1. The van der Waals surface area contributed by atoms with Crippen LogP contribution in [0.25, 0.3) is 0 Å². The summed E-state index contributed by atoms with van der Waals surface area (Å²) in [6, 6.07) is 17.9. The quantitative estimate of drug-likeness (QED) is 0.515. The second-order valence-corrected chi connectivity index (χ2v) is 8.78. The SMILES string of the molecule is C[C@H](NC(=O)COc1ccc(S(=O)(=O)Nc2ccccc2)cc1Cl)c1ccc(F)cc1. The summed E-state index contributed by atoms with van der Waals surface area (Å²) >= 11 is 6.15. The number of sulfonamides is 1. The van der Waals surface area contributed by atoms with E-state index in [1.54, 1.807) is 49.4 Å². The minimum Gasteiger partial charge on any atom is -0.482 e. The Balaban J connectivity index is 1.60. The maximum atomic E-state index is 13.0. The van der Waals surface area contributed by atoms with Crippen molar-refractivity contribution in [3.05, 3.63) is 89.2 Å². The van der Waals surface area contributed by atoms with Gasteiger partial charge in [0.15, 0.2) is 6.61 Å². The highest BCUT2D eigenvalue weighted by Crippen LogP contribution is 2.28. The predicted molar refractivity (Wildman–Crippen MR) is 117 cm³/mol. The highest BCUT2D eigenvalue weighted by atomic mass is 35.5. The van der Waals surface area contributed by atoms with E-state index < -0.39 is 15.9 Å². The molecule has 0 aliphatic carbocycles. The molecule has 0 aliphatic rings. The van der Waals surface area contributed by atoms with Gasteiger partial charge in [-0.2, -0.15) is 0 Å². The van der Waals surface area contributed by atoms with Gasteiger partial charge in [0.25, 0.3) is 15.9 Å². The van der Waals surface area contributed by atoms with Crippen molar-refractivity contribution in [2.24, 2.45) is 0 Å². The molecule has 1 amide bonds. The van der Waals surface area contributed by atoms with Gasteiger partial charge >= 0.3 is 0 Å². The summed E-state index contributed by atoms with van der Waals surface area (Å²) in [6.07, 6.45) is 0. The average molecular weight is 463 g/mol. The highest BCUT2D eigenvalue weighted by Gasteiger charge is 2.17. The first-order chi connectivity index (χ1) is 14.7. The van der Waals surface area contributed by atoms with E-state index in [-0.39, 0.29) is 34.1 Å². The average Bonchev–Trinajstić information content (AvgIpc) is 2.73. The van der Waals surface area contributed by atoms with Gasteiger partial charge in [-0.3, -0.25) is 9.52 Å². The van der Waals surface area contributed by atoms with Crippen molar-refractivity contribution >= 4 is 33.2 Å². The molecular weight excluding hydrogens is 443 g/mol. The minimum absolute atomic E-state index is 0.0388. The Morgan fingerprint density at radius 2 is 1.74 bits per heavy atom. The van der Waals surface area contributed by atoms with Gasteiger partial charge in [-0.1, -0.05) is 41.9 Å². The number of carbonyl (C=O) groups excluding carboxylic acids is 1. The Morgan fingerprint density at radius 1 is 1.06 bits per heavy atom. The molecule has 0 bridgehead atoms. The first-order valence-corrected chi connectivity index (χ1v) is 11.2. The molecule has 3 aromatic rings. The zero-order chi connectivity index (χ0) is 22.4. The number of anilines is 1. The Bertz CT molecular complexity index is 1160. The highest BCUT2D eigenvalue weighted by molar-refractivity contribution is 7.92. The number of amides is 1. The lowest BCUT2D eigenvalue weighted by Crippen LogP contribution is -2.31. The van der Waals surface area contributed by atoms with Crippen molar-refractivity contribution in [2.75, 3.05) is 11.3 Å². The van der Waals surface area contributed by atoms with Gasteiger partial charge in [-0.05, 0) is 55.0 Å². The molecule has 2 N–H and O–H groups in total. The van der Waals surface area contributed by atoms with Gasteiger partial charge in [0.1, 0.15) is 11.6 Å². The van der Waals surface area contributed by atoms with Gasteiger partial charge < -0.3 is 10.1 Å². The maximum Gasteiger partial charge on any atom is 0.261 e. The molecule has 3 aromatic carbocycles. The molecule has 0 fully saturated rings. The van der Waals surface area contributed by atoms with Gasteiger partial charge in [0.2, 0.25) is 0 Å². The number of hydrogen-bond acceptors (Lipinski definition) is 4. The van der Waals surface area contributed by atoms with E-state index in [1.807, 2.05) is 0 Å². The van der Waals surface area contributed by atoms with Crippen LogP contribution in [0.5, 0.6) is 5.75 Å². The lowest BCUT2D eigenvalue weighted by molar-refractivity contribution is -0.123. The van der Waals surface area contributed by atoms with E-state index in [4.69, 9.17) is 16.3 Å². The molecular formula is C22H20ClFN2O4S. The van der Waals surface area contributed by atoms with Gasteiger partial charge in [0, 0.05) is 5.69 Å². The molecule has 0 heterocycles. The summed E-state index contributed by atoms with van der Waals surface area (Å²) in [5.41, 5.74) is 1.17. The maximum absolute atomic E-state index is 13.0. The normalized spacial score (nSPS) is 12.1. The van der Waals surface area contributed by atoms with E-state index in [1.165, 1.54) is 30.3 Å². The molecule has 0 aromatic heterocycles. The van der Waals surface area contributed by atoms with Crippen LogP contribution in [0.1, 0.15) is 18.5 Å². The lowest BCUT2D eigenvalue weighted by Gasteiger charge is -2.15. The first kappa shape index (κ1) is 22.6. The van der Waals surface area contributed by atoms with Gasteiger partial charge in [-0.25, -0.2) is 12.8 Å². The van der Waals surface area contributed by atoms with E-state index in [2.05, 4.69) is 10.0 Å². The molecule has 0 unspecified atom stereocenters. The fourth-order valence-corrected chi connectivity index (χ4v) is 4.13. The third-order valence-electron chi connectivity index (χ3n) is 4.35. The van der Waals surface area contributed by atoms with Crippen molar-refractivity contribution < 1.29 is 22.3 Å². The van der Waals surface area contributed by atoms with E-state index >= 15 is 0 Å². The summed E-state index contributed by atoms with van der Waals surface area (Å²) in [7, 11) is -3.83. The third kappa shape index (κ3) is 6.19. The van der Waals surface area contributed by atoms with E-state index in [9.17, 15) is 17.6 Å². The van der Waals surface area contributed by atoms with Crippen LogP contribution in [-0.4, -0.2) is 20.9 Å². The monoisotopic (exact) mass is 462 g/mol. The lowest BCUT2D eigenvalue weighted by atomic mass is 10.1. The smallest absolute Gasteiger partial charge is 0.261 e. The molecule has 0 aliphatic heterocycles. The van der Waals surface area contributed by atoms with E-state index in [0.29, 0.717) is 5.69 Å². The van der Waals surface area contributed by atoms with Crippen LogP contribution in [0.3, 0.4) is 0 Å². The van der Waals surface area contributed by atoms with Crippen LogP contribution in [0, 0.1) is 5.82 Å². The molecule has 1 atom stereocenters. The van der Waals surface area contributed by atoms with Crippen molar-refractivity contribution in [1.82, 2.24) is 5.32 Å². The molecule has 162 valence electrons. The Kier molecular flexibility index (Phi) is 7.14. The summed E-state index contributed by atoms with van der Waals surface area (Å²) < 4.78 is 45.9. The number of halogens is 2. The van der Waals surface area contributed by atoms with Crippen LogP contribution in [0.15, 0.2) is 77.7 Å². The van der Waals surface area contributed by atoms with Crippen molar-refractivity contribution in [3.8, 4) is 5.75 Å². The number of hydrogen-bond donors (Lipinski definition) is 2. The topological polar surface area (TPSA) is 84.5 Å². The number of para-hydroxylation sites is 1. The van der Waals surface area contributed by atoms with Gasteiger partial charge in [-0.15, -0.1) is 0 Å². The molecule has 6 nitrogen and oxygen atoms in total. The fourth-order valence-electron chi connectivity index (χ4n) is 2.75. The summed E-state index contributed by atoms with van der Waals surface area (Å²) in [4.78, 5) is 12.1. The number of benzene rings is 3. The van der Waals surface area contributed by atoms with E-state index in [0.717, 1.165) is 5.56 Å². The van der Waals surface area contributed by atoms with Crippen LogP contribution in [0.4, 0.5) is 10.1 Å². The Labute approximate surface area is 185 Å². The van der Waals surface area contributed by atoms with Crippen molar-refractivity contribution in [3.63, 3.8) is 0 Å². The minimum atomic E-state index is -3.83. The molecule has 3 rings (SSSR count). The Hall–Kier alpha value is -3.10. The van der Waals surface area contributed by atoms with Crippen LogP contribution >= 0.6 is 11.6 Å². The number of ether oxygens (including phenoxy) is 1. The van der Waals surface area contributed by atoms with Crippen LogP contribution in [-0.2, 0) is 14.8 Å². The third-order valence-corrected chi connectivity index (χ3v) is 6.02. The van der Waals surface area contributed by atoms with Crippen molar-refractivity contribution in [1.29, 1.82) is 0 Å².